The molecule has 5 unspecified atom stereocenters. The lowest BCUT2D eigenvalue weighted by Crippen LogP contribution is -2.61. The fraction of sp³-hybridized carbons (Fsp3) is 1.00. The molecule has 7 N–H and O–H groups in total. The molecule has 14 atom stereocenters. The van der Waals surface area contributed by atoms with Gasteiger partial charge in [-0.05, 0) is 57.3 Å². The Morgan fingerprint density at radius 3 is 1.79 bits per heavy atom. The fourth-order valence-corrected chi connectivity index (χ4v) is 10.0. The molecule has 2 saturated heterocycles. The summed E-state index contributed by atoms with van der Waals surface area (Å²) in [6.45, 7) is 4.42. The van der Waals surface area contributed by atoms with Crippen LogP contribution in [-0.4, -0.2) is 117 Å². The number of nitrogens with one attached hydrogen (secondary N) is 1. The molecule has 0 radical (unpaired) electrons. The predicted molar refractivity (Wildman–Crippen MR) is 218 cm³/mol. The van der Waals surface area contributed by atoms with Crippen molar-refractivity contribution < 1.29 is 49.2 Å². The summed E-state index contributed by atoms with van der Waals surface area (Å²) in [4.78, 5) is 0. The van der Waals surface area contributed by atoms with Crippen molar-refractivity contribution in [3.63, 3.8) is 0 Å². The van der Waals surface area contributed by atoms with E-state index in [1.54, 1.807) is 0 Å². The number of rotatable bonds is 33. The molecule has 4 aliphatic rings. The number of hydrogen-bond acceptors (Lipinski definition) is 10. The van der Waals surface area contributed by atoms with Crippen molar-refractivity contribution in [1.29, 1.82) is 0 Å². The highest BCUT2D eigenvalue weighted by atomic mass is 19.1. The molecule has 11 heteroatoms. The molecular weight excluding hydrogens is 717 g/mol. The maximum Gasteiger partial charge on any atom is 0.186 e. The third-order valence-electron chi connectivity index (χ3n) is 13.7. The van der Waals surface area contributed by atoms with Crippen LogP contribution in [0.1, 0.15) is 181 Å². The van der Waals surface area contributed by atoms with Crippen molar-refractivity contribution in [2.45, 2.75) is 254 Å². The predicted octanol–water partition coefficient (Wildman–Crippen LogP) is 7.02. The minimum absolute atomic E-state index is 0.261. The lowest BCUT2D eigenvalue weighted by atomic mass is 9.85. The van der Waals surface area contributed by atoms with E-state index in [-0.39, 0.29) is 6.61 Å². The van der Waals surface area contributed by atoms with E-state index in [1.807, 2.05) is 0 Å². The molecule has 0 aromatic carbocycles. The molecule has 2 aliphatic carbocycles. The van der Waals surface area contributed by atoms with Crippen LogP contribution in [0.2, 0.25) is 0 Å². The Balaban J connectivity index is 1.17. The number of ether oxygens (including phenoxy) is 3. The van der Waals surface area contributed by atoms with Crippen LogP contribution in [0.4, 0.5) is 4.39 Å². The summed E-state index contributed by atoms with van der Waals surface area (Å²) in [5.41, 5.74) is -1.63. The number of epoxide rings is 1. The van der Waals surface area contributed by atoms with Crippen LogP contribution < -0.4 is 5.32 Å². The van der Waals surface area contributed by atoms with Crippen LogP contribution in [0.3, 0.4) is 0 Å². The van der Waals surface area contributed by atoms with Crippen LogP contribution >= 0.6 is 0 Å². The first-order valence-electron chi connectivity index (χ1n) is 23.3. The van der Waals surface area contributed by atoms with E-state index < -0.39 is 67.3 Å². The number of aliphatic hydroxyl groups excluding tert-OH is 6. The van der Waals surface area contributed by atoms with Crippen molar-refractivity contribution in [2.24, 2.45) is 17.8 Å². The second-order valence-corrected chi connectivity index (χ2v) is 18.8. The van der Waals surface area contributed by atoms with Crippen molar-refractivity contribution >= 4 is 0 Å². The summed E-state index contributed by atoms with van der Waals surface area (Å²) in [5, 5.41) is 66.5. The largest absolute Gasteiger partial charge is 0.394 e. The molecule has 4 rings (SSSR count). The SMILES string of the molecule is CCCCCCCCCCCCCC[C@@H](O)[C@@H](O)[C@H](COC1OC(CO)C(O)C(O)C1O)N[C@@H](CCCCCCCCCC[C@H]1C[C@@H]2C[C@H]1[C@H]1O[C@@H]21)C(C)(C)F. The van der Waals surface area contributed by atoms with Gasteiger partial charge in [0.1, 0.15) is 30.1 Å². The van der Waals surface area contributed by atoms with Gasteiger partial charge in [0.05, 0.1) is 43.7 Å². The highest BCUT2D eigenvalue weighted by Gasteiger charge is 2.62. The van der Waals surface area contributed by atoms with Gasteiger partial charge in [-0.25, -0.2) is 4.39 Å². The van der Waals surface area contributed by atoms with E-state index in [1.165, 1.54) is 117 Å². The van der Waals surface area contributed by atoms with E-state index >= 15 is 4.39 Å². The number of unbranched alkanes of at least 4 members (excludes halogenated alkanes) is 18. The summed E-state index contributed by atoms with van der Waals surface area (Å²) < 4.78 is 32.9. The molecule has 10 nitrogen and oxygen atoms in total. The minimum Gasteiger partial charge on any atom is -0.394 e. The third-order valence-corrected chi connectivity index (χ3v) is 13.7. The molecule has 56 heavy (non-hydrogen) atoms. The summed E-state index contributed by atoms with van der Waals surface area (Å²) >= 11 is 0. The maximum absolute atomic E-state index is 15.7. The first-order chi connectivity index (χ1) is 27.0. The topological polar surface area (TPSA) is 164 Å². The number of alkyl halides is 1. The Kier molecular flexibility index (Phi) is 21.8. The van der Waals surface area contributed by atoms with Crippen LogP contribution in [0, 0.1) is 17.8 Å². The first kappa shape index (κ1) is 48.2. The summed E-state index contributed by atoms with van der Waals surface area (Å²) in [6.07, 6.45) is 20.2. The number of hydrogen-bond donors (Lipinski definition) is 7. The maximum atomic E-state index is 15.7. The molecule has 2 saturated carbocycles. The van der Waals surface area contributed by atoms with Crippen molar-refractivity contribution in [2.75, 3.05) is 13.2 Å². The smallest absolute Gasteiger partial charge is 0.186 e. The average Bonchev–Trinajstić information content (AvgIpc) is 3.78. The van der Waals surface area contributed by atoms with E-state index in [0.717, 1.165) is 62.7 Å². The second kappa shape index (κ2) is 25.3. The van der Waals surface area contributed by atoms with Crippen LogP contribution in [0.15, 0.2) is 0 Å². The van der Waals surface area contributed by atoms with Gasteiger partial charge in [-0.15, -0.1) is 0 Å². The minimum atomic E-state index is -1.63. The van der Waals surface area contributed by atoms with Crippen LogP contribution in [0.5, 0.6) is 0 Å². The fourth-order valence-electron chi connectivity index (χ4n) is 10.0. The second-order valence-electron chi connectivity index (χ2n) is 18.8. The van der Waals surface area contributed by atoms with Gasteiger partial charge >= 0.3 is 0 Å². The van der Waals surface area contributed by atoms with Gasteiger partial charge in [0, 0.05) is 6.04 Å². The van der Waals surface area contributed by atoms with Crippen molar-refractivity contribution in [3.05, 3.63) is 0 Å². The third kappa shape index (κ3) is 15.5. The normalized spacial score (nSPS) is 32.0. The average molecular weight is 802 g/mol. The van der Waals surface area contributed by atoms with E-state index in [4.69, 9.17) is 14.2 Å². The van der Waals surface area contributed by atoms with Gasteiger partial charge in [-0.3, -0.25) is 0 Å². The van der Waals surface area contributed by atoms with E-state index in [2.05, 4.69) is 12.2 Å². The van der Waals surface area contributed by atoms with Gasteiger partial charge in [-0.1, -0.05) is 142 Å². The lowest BCUT2D eigenvalue weighted by Gasteiger charge is -2.41. The van der Waals surface area contributed by atoms with Gasteiger partial charge in [0.2, 0.25) is 0 Å². The number of halogens is 1. The molecular formula is C45H84FNO9. The Bertz CT molecular complexity index is 1030. The zero-order chi connectivity index (χ0) is 40.5. The Morgan fingerprint density at radius 1 is 0.696 bits per heavy atom. The zero-order valence-electron chi connectivity index (χ0n) is 35.5. The van der Waals surface area contributed by atoms with Gasteiger partial charge in [0.15, 0.2) is 6.29 Å². The summed E-state index contributed by atoms with van der Waals surface area (Å²) in [6, 6.07) is -1.55. The van der Waals surface area contributed by atoms with Gasteiger partial charge in [0.25, 0.3) is 0 Å². The Morgan fingerprint density at radius 2 is 1.25 bits per heavy atom. The highest BCUT2D eigenvalue weighted by Crippen LogP contribution is 2.59. The standard InChI is InChI=1S/C45H84FNO9/c1-4-5-6-7-8-9-10-11-12-16-19-22-25-35(49)38(50)34(30-54-44-41(53)40(52)39(51)36(29-48)55-44)47-37(45(2,3)46)26-23-20-17-14-13-15-18-21-24-31-27-32-28-33(31)43-42(32)56-43/h31-44,47-53H,4-30H2,1-3H3/t31-,32+,33+,34-,35+,36?,37-,38-,39?,40?,41?,42-,43+,44?/m0/s1. The molecule has 0 aromatic rings. The van der Waals surface area contributed by atoms with Crippen LogP contribution in [-0.2, 0) is 14.2 Å². The van der Waals surface area contributed by atoms with Crippen molar-refractivity contribution in [1.82, 2.24) is 5.32 Å². The molecule has 0 aromatic heterocycles. The molecule has 4 fully saturated rings. The molecule has 2 bridgehead atoms. The highest BCUT2D eigenvalue weighted by molar-refractivity contribution is 5.10. The molecule has 330 valence electrons. The van der Waals surface area contributed by atoms with Gasteiger partial charge < -0.3 is 50.2 Å². The first-order valence-corrected chi connectivity index (χ1v) is 23.3. The summed E-state index contributed by atoms with van der Waals surface area (Å²) in [5.74, 6) is 2.60. The molecule has 2 heterocycles. The number of fused-ring (bicyclic) bond motifs is 5. The van der Waals surface area contributed by atoms with Crippen molar-refractivity contribution in [3.8, 4) is 0 Å². The monoisotopic (exact) mass is 802 g/mol. The molecule has 0 amide bonds. The number of aliphatic hydroxyl groups is 6. The van der Waals surface area contributed by atoms with E-state index in [0.29, 0.717) is 25.0 Å². The zero-order valence-corrected chi connectivity index (χ0v) is 35.5. The van der Waals surface area contributed by atoms with Crippen LogP contribution in [0.25, 0.3) is 0 Å². The lowest BCUT2D eigenvalue weighted by molar-refractivity contribution is -0.303. The van der Waals surface area contributed by atoms with Gasteiger partial charge in [-0.2, -0.15) is 0 Å². The summed E-state index contributed by atoms with van der Waals surface area (Å²) in [7, 11) is 0. The quantitative estimate of drug-likeness (QED) is 0.0271. The van der Waals surface area contributed by atoms with E-state index in [9.17, 15) is 30.6 Å². The Hall–Kier alpha value is -0.470. The molecule has 2 aliphatic heterocycles. The Labute approximate surface area is 339 Å². The molecule has 0 spiro atoms.